The molecule has 0 aliphatic carbocycles. The van der Waals surface area contributed by atoms with Gasteiger partial charge in [-0.25, -0.2) is 0 Å². The molecule has 2 aromatic rings. The van der Waals surface area contributed by atoms with Crippen molar-refractivity contribution in [3.63, 3.8) is 0 Å². The number of nitrogens with two attached hydrogens (primary N) is 1. The van der Waals surface area contributed by atoms with E-state index in [1.807, 2.05) is 12.1 Å². The lowest BCUT2D eigenvalue weighted by Crippen LogP contribution is -1.96. The molecule has 16 heavy (non-hydrogen) atoms. The number of nitrogen functional groups attached to an aromatic ring is 1. The van der Waals surface area contributed by atoms with Crippen LogP contribution in [0.4, 0.5) is 5.69 Å². The van der Waals surface area contributed by atoms with Gasteiger partial charge in [-0.1, -0.05) is 42.0 Å². The highest BCUT2D eigenvalue weighted by atomic mass is 79.9. The Morgan fingerprint density at radius 3 is 2.62 bits per heavy atom. The second kappa shape index (κ2) is 4.71. The summed E-state index contributed by atoms with van der Waals surface area (Å²) in [6, 6.07) is 14.6. The average molecular weight is 276 g/mol. The van der Waals surface area contributed by atoms with E-state index in [4.69, 9.17) is 5.73 Å². The van der Waals surface area contributed by atoms with Crippen LogP contribution in [0.5, 0.6) is 0 Å². The summed E-state index contributed by atoms with van der Waals surface area (Å²) in [5.41, 5.74) is 10.6. The van der Waals surface area contributed by atoms with E-state index >= 15 is 0 Å². The van der Waals surface area contributed by atoms with Gasteiger partial charge in [0, 0.05) is 10.2 Å². The standard InChI is InChI=1S/C14H14BrN/c1-10-4-2-5-11(8-10)9-12-6-3-7-13(15)14(12)16/h2-8H,9,16H2,1H3. The van der Waals surface area contributed by atoms with Crippen molar-refractivity contribution in [3.05, 3.63) is 63.6 Å². The van der Waals surface area contributed by atoms with E-state index in [0.717, 1.165) is 16.6 Å². The molecule has 0 atom stereocenters. The van der Waals surface area contributed by atoms with Crippen molar-refractivity contribution in [2.24, 2.45) is 0 Å². The predicted octanol–water partition coefficient (Wildman–Crippen LogP) is 3.93. The summed E-state index contributed by atoms with van der Waals surface area (Å²) >= 11 is 3.45. The Morgan fingerprint density at radius 2 is 1.88 bits per heavy atom. The third-order valence-corrected chi connectivity index (χ3v) is 3.31. The summed E-state index contributed by atoms with van der Waals surface area (Å²) in [4.78, 5) is 0. The number of benzene rings is 2. The fourth-order valence-electron chi connectivity index (χ4n) is 1.78. The second-order valence-corrected chi connectivity index (χ2v) is 4.83. The van der Waals surface area contributed by atoms with Crippen molar-refractivity contribution in [1.82, 2.24) is 0 Å². The van der Waals surface area contributed by atoms with E-state index in [-0.39, 0.29) is 0 Å². The summed E-state index contributed by atoms with van der Waals surface area (Å²) in [5, 5.41) is 0. The number of aryl methyl sites for hydroxylation is 1. The summed E-state index contributed by atoms with van der Waals surface area (Å²) in [7, 11) is 0. The maximum absolute atomic E-state index is 6.02. The van der Waals surface area contributed by atoms with E-state index < -0.39 is 0 Å². The van der Waals surface area contributed by atoms with Crippen LogP contribution in [0.3, 0.4) is 0 Å². The van der Waals surface area contributed by atoms with Gasteiger partial charge in [-0.3, -0.25) is 0 Å². The molecule has 0 unspecified atom stereocenters. The highest BCUT2D eigenvalue weighted by Gasteiger charge is 2.03. The second-order valence-electron chi connectivity index (χ2n) is 3.98. The highest BCUT2D eigenvalue weighted by Crippen LogP contribution is 2.25. The zero-order valence-corrected chi connectivity index (χ0v) is 10.8. The Bertz CT molecular complexity index is 506. The normalized spacial score (nSPS) is 10.4. The number of hydrogen-bond donors (Lipinski definition) is 1. The summed E-state index contributed by atoms with van der Waals surface area (Å²) in [6.45, 7) is 2.10. The van der Waals surface area contributed by atoms with Gasteiger partial charge < -0.3 is 5.73 Å². The molecule has 0 amide bonds. The fraction of sp³-hybridized carbons (Fsp3) is 0.143. The zero-order valence-electron chi connectivity index (χ0n) is 9.20. The topological polar surface area (TPSA) is 26.0 Å². The zero-order chi connectivity index (χ0) is 11.5. The average Bonchev–Trinajstić information content (AvgIpc) is 2.25. The Morgan fingerprint density at radius 1 is 1.12 bits per heavy atom. The number of para-hydroxylation sites is 1. The van der Waals surface area contributed by atoms with Gasteiger partial charge in [-0.15, -0.1) is 0 Å². The third kappa shape index (κ3) is 2.45. The SMILES string of the molecule is Cc1cccc(Cc2cccc(Br)c2N)c1. The first-order chi connectivity index (χ1) is 7.66. The number of anilines is 1. The van der Waals surface area contributed by atoms with Crippen molar-refractivity contribution in [3.8, 4) is 0 Å². The molecule has 2 aromatic carbocycles. The van der Waals surface area contributed by atoms with E-state index in [2.05, 4.69) is 53.2 Å². The van der Waals surface area contributed by atoms with E-state index in [0.29, 0.717) is 0 Å². The summed E-state index contributed by atoms with van der Waals surface area (Å²) in [6.07, 6.45) is 0.882. The molecule has 1 nitrogen and oxygen atoms in total. The molecule has 0 fully saturated rings. The van der Waals surface area contributed by atoms with E-state index in [1.165, 1.54) is 16.7 Å². The Labute approximate surface area is 104 Å². The van der Waals surface area contributed by atoms with Gasteiger partial charge in [0.05, 0.1) is 0 Å². The molecular weight excluding hydrogens is 262 g/mol. The quantitative estimate of drug-likeness (QED) is 0.826. The van der Waals surface area contributed by atoms with Gasteiger partial charge in [-0.2, -0.15) is 0 Å². The summed E-state index contributed by atoms with van der Waals surface area (Å²) in [5.74, 6) is 0. The van der Waals surface area contributed by atoms with Crippen molar-refractivity contribution in [2.45, 2.75) is 13.3 Å². The number of rotatable bonds is 2. The first-order valence-electron chi connectivity index (χ1n) is 5.25. The molecule has 0 bridgehead atoms. The third-order valence-electron chi connectivity index (χ3n) is 2.62. The molecule has 2 rings (SSSR count). The number of hydrogen-bond acceptors (Lipinski definition) is 1. The van der Waals surface area contributed by atoms with Gasteiger partial charge in [0.15, 0.2) is 0 Å². The van der Waals surface area contributed by atoms with Crippen LogP contribution in [0.1, 0.15) is 16.7 Å². The smallest absolute Gasteiger partial charge is 0.0494 e. The van der Waals surface area contributed by atoms with Crippen molar-refractivity contribution < 1.29 is 0 Å². The van der Waals surface area contributed by atoms with Crippen molar-refractivity contribution in [2.75, 3.05) is 5.73 Å². The predicted molar refractivity (Wildman–Crippen MR) is 72.5 cm³/mol. The van der Waals surface area contributed by atoms with Crippen LogP contribution in [0, 0.1) is 6.92 Å². The lowest BCUT2D eigenvalue weighted by molar-refractivity contribution is 1.18. The van der Waals surface area contributed by atoms with Gasteiger partial charge in [0.2, 0.25) is 0 Å². The molecule has 82 valence electrons. The van der Waals surface area contributed by atoms with E-state index in [9.17, 15) is 0 Å². The molecule has 2 N–H and O–H groups in total. The largest absolute Gasteiger partial charge is 0.398 e. The Hall–Kier alpha value is -1.28. The molecule has 0 heterocycles. The Balaban J connectivity index is 2.31. The van der Waals surface area contributed by atoms with Crippen molar-refractivity contribution >= 4 is 21.6 Å². The maximum Gasteiger partial charge on any atom is 0.0494 e. The molecular formula is C14H14BrN. The molecule has 0 saturated carbocycles. The molecule has 0 aliphatic rings. The molecule has 0 aliphatic heterocycles. The Kier molecular flexibility index (Phi) is 3.30. The molecule has 2 heteroatoms. The highest BCUT2D eigenvalue weighted by molar-refractivity contribution is 9.10. The van der Waals surface area contributed by atoms with Crippen LogP contribution in [-0.2, 0) is 6.42 Å². The molecule has 0 aromatic heterocycles. The minimum Gasteiger partial charge on any atom is -0.398 e. The van der Waals surface area contributed by atoms with Crippen LogP contribution in [0.15, 0.2) is 46.9 Å². The first kappa shape index (κ1) is 11.2. The lowest BCUT2D eigenvalue weighted by atomic mass is 10.0. The van der Waals surface area contributed by atoms with Gasteiger partial charge in [0.1, 0.15) is 0 Å². The van der Waals surface area contributed by atoms with Crippen LogP contribution in [-0.4, -0.2) is 0 Å². The molecule has 0 radical (unpaired) electrons. The monoisotopic (exact) mass is 275 g/mol. The summed E-state index contributed by atoms with van der Waals surface area (Å²) < 4.78 is 0.970. The van der Waals surface area contributed by atoms with Gasteiger partial charge in [0.25, 0.3) is 0 Å². The van der Waals surface area contributed by atoms with Crippen LogP contribution >= 0.6 is 15.9 Å². The minimum atomic E-state index is 0.837. The maximum atomic E-state index is 6.02. The van der Waals surface area contributed by atoms with E-state index in [1.54, 1.807) is 0 Å². The van der Waals surface area contributed by atoms with Gasteiger partial charge >= 0.3 is 0 Å². The molecule has 0 saturated heterocycles. The lowest BCUT2D eigenvalue weighted by Gasteiger charge is -2.07. The van der Waals surface area contributed by atoms with Crippen LogP contribution in [0.2, 0.25) is 0 Å². The van der Waals surface area contributed by atoms with Crippen LogP contribution < -0.4 is 5.73 Å². The number of halogens is 1. The first-order valence-corrected chi connectivity index (χ1v) is 6.04. The van der Waals surface area contributed by atoms with Gasteiger partial charge in [-0.05, 0) is 46.5 Å². The van der Waals surface area contributed by atoms with Crippen LogP contribution in [0.25, 0.3) is 0 Å². The molecule has 0 spiro atoms. The fourth-order valence-corrected chi connectivity index (χ4v) is 2.19. The van der Waals surface area contributed by atoms with Crippen molar-refractivity contribution in [1.29, 1.82) is 0 Å². The minimum absolute atomic E-state index is 0.837.